The van der Waals surface area contributed by atoms with Gasteiger partial charge in [-0.15, -0.1) is 0 Å². The molecule has 0 spiro atoms. The van der Waals surface area contributed by atoms with Crippen LogP contribution >= 0.6 is 0 Å². The zero-order valence-corrected chi connectivity index (χ0v) is 46.0. The minimum absolute atomic E-state index is 0.201. The highest BCUT2D eigenvalue weighted by Gasteiger charge is 2.51. The number of carbonyl (C=O) groups excluding carboxylic acids is 1. The van der Waals surface area contributed by atoms with Crippen molar-refractivity contribution in [3.05, 3.63) is 0 Å². The third kappa shape index (κ3) is 30.7. The van der Waals surface area contributed by atoms with Crippen molar-refractivity contribution < 1.29 is 64.6 Å². The first-order valence-electron chi connectivity index (χ1n) is 30.3. The lowest BCUT2D eigenvalue weighted by Crippen LogP contribution is -2.65. The van der Waals surface area contributed by atoms with E-state index in [9.17, 15) is 45.6 Å². The Balaban J connectivity index is 1.72. The molecule has 72 heavy (non-hydrogen) atoms. The zero-order valence-electron chi connectivity index (χ0n) is 46.0. The molecule has 0 aliphatic carbocycles. The first-order valence-corrected chi connectivity index (χ1v) is 30.3. The van der Waals surface area contributed by atoms with Crippen molar-refractivity contribution >= 4 is 5.91 Å². The maximum atomic E-state index is 13.2. The highest BCUT2D eigenvalue weighted by Crippen LogP contribution is 2.30. The first-order chi connectivity index (χ1) is 35.1. The first kappa shape index (κ1) is 67.1. The third-order valence-electron chi connectivity index (χ3n) is 15.3. The van der Waals surface area contributed by atoms with Crippen LogP contribution < -0.4 is 5.32 Å². The van der Waals surface area contributed by atoms with Gasteiger partial charge in [0.2, 0.25) is 5.91 Å². The SMILES string of the molecule is CCCCCCCCCCCCCCCCCCCCCCCCCCC(O)C(COC1OC(CO)C(OC2OC(CO)C(O)C(O)C2O)C(O)C1O)NC(=O)CCCCCCCCCCCCCCCC. The van der Waals surface area contributed by atoms with Gasteiger partial charge in [-0.2, -0.15) is 0 Å². The molecule has 0 saturated carbocycles. The zero-order chi connectivity index (χ0) is 52.4. The van der Waals surface area contributed by atoms with Crippen molar-refractivity contribution in [2.75, 3.05) is 19.8 Å². The minimum atomic E-state index is -1.78. The number of nitrogens with one attached hydrogen (secondary N) is 1. The monoisotopic (exact) mass is 1030 g/mol. The summed E-state index contributed by atoms with van der Waals surface area (Å²) < 4.78 is 22.8. The van der Waals surface area contributed by atoms with Crippen LogP contribution in [0.2, 0.25) is 0 Å². The fraction of sp³-hybridized carbons (Fsp3) is 0.983. The Morgan fingerprint density at radius 2 is 0.792 bits per heavy atom. The van der Waals surface area contributed by atoms with Gasteiger partial charge in [0, 0.05) is 6.42 Å². The van der Waals surface area contributed by atoms with Gasteiger partial charge in [-0.05, 0) is 12.8 Å². The van der Waals surface area contributed by atoms with Crippen LogP contribution in [0.4, 0.5) is 0 Å². The fourth-order valence-corrected chi connectivity index (χ4v) is 10.4. The van der Waals surface area contributed by atoms with E-state index in [2.05, 4.69) is 19.2 Å². The number of amides is 1. The van der Waals surface area contributed by atoms with Crippen LogP contribution in [0.25, 0.3) is 0 Å². The molecule has 14 nitrogen and oxygen atoms in total. The number of aliphatic hydroxyl groups is 8. The molecule has 0 bridgehead atoms. The van der Waals surface area contributed by atoms with Crippen molar-refractivity contribution in [2.24, 2.45) is 0 Å². The summed E-state index contributed by atoms with van der Waals surface area (Å²) in [4.78, 5) is 13.2. The summed E-state index contributed by atoms with van der Waals surface area (Å²) in [7, 11) is 0. The lowest BCUT2D eigenvalue weighted by Gasteiger charge is -2.46. The van der Waals surface area contributed by atoms with E-state index in [0.717, 1.165) is 51.4 Å². The van der Waals surface area contributed by atoms with Crippen LogP contribution in [-0.4, -0.2) is 140 Å². The van der Waals surface area contributed by atoms with Crippen molar-refractivity contribution in [2.45, 2.75) is 344 Å². The Labute approximate surface area is 438 Å². The van der Waals surface area contributed by atoms with Gasteiger partial charge in [0.25, 0.3) is 0 Å². The number of unbranched alkanes of at least 4 members (excludes halogenated alkanes) is 36. The van der Waals surface area contributed by atoms with Gasteiger partial charge in [0.15, 0.2) is 12.6 Å². The predicted molar refractivity (Wildman–Crippen MR) is 286 cm³/mol. The normalized spacial score (nSPS) is 25.5. The van der Waals surface area contributed by atoms with Crippen molar-refractivity contribution in [3.8, 4) is 0 Å². The standard InChI is InChI=1S/C58H113NO13/c1-3-5-7-9-11-13-15-17-19-20-21-22-23-24-25-26-27-28-29-31-33-35-37-39-41-47(62)46(59-50(63)42-40-38-36-34-32-30-18-16-14-12-10-8-6-4-2)45-69-57-55(68)53(66)56(49(44-61)71-57)72-58-54(67)52(65)51(64)48(43-60)70-58/h46-49,51-58,60-62,64-68H,3-45H2,1-2H3,(H,59,63). The molecular formula is C58H113NO13. The summed E-state index contributed by atoms with van der Waals surface area (Å²) in [6.45, 7) is 2.89. The molecule has 2 aliphatic rings. The molecule has 0 aromatic rings. The quantitative estimate of drug-likeness (QED) is 0.0259. The summed E-state index contributed by atoms with van der Waals surface area (Å²) in [6.07, 6.45) is 32.5. The van der Waals surface area contributed by atoms with Gasteiger partial charge in [-0.25, -0.2) is 0 Å². The number of hydrogen-bond acceptors (Lipinski definition) is 13. The van der Waals surface area contributed by atoms with E-state index in [1.54, 1.807) is 0 Å². The van der Waals surface area contributed by atoms with E-state index in [-0.39, 0.29) is 12.5 Å². The Kier molecular flexibility index (Phi) is 42.0. The van der Waals surface area contributed by atoms with E-state index in [0.29, 0.717) is 12.8 Å². The maximum Gasteiger partial charge on any atom is 0.220 e. The van der Waals surface area contributed by atoms with E-state index in [4.69, 9.17) is 18.9 Å². The summed E-state index contributed by atoms with van der Waals surface area (Å²) in [5, 5.41) is 87.2. The molecule has 2 aliphatic heterocycles. The Morgan fingerprint density at radius 1 is 0.444 bits per heavy atom. The number of ether oxygens (including phenoxy) is 4. The van der Waals surface area contributed by atoms with E-state index in [1.807, 2.05) is 0 Å². The van der Waals surface area contributed by atoms with Crippen LogP contribution in [-0.2, 0) is 23.7 Å². The number of rotatable bonds is 49. The molecule has 2 rings (SSSR count). The molecule has 2 heterocycles. The van der Waals surface area contributed by atoms with Gasteiger partial charge in [-0.3, -0.25) is 4.79 Å². The van der Waals surface area contributed by atoms with Crippen LogP contribution in [0.5, 0.6) is 0 Å². The summed E-state index contributed by atoms with van der Waals surface area (Å²) in [5.41, 5.74) is 0. The molecular weight excluding hydrogens is 919 g/mol. The highest BCUT2D eigenvalue weighted by molar-refractivity contribution is 5.76. The second-order valence-corrected chi connectivity index (χ2v) is 21.8. The predicted octanol–water partition coefficient (Wildman–Crippen LogP) is 10.1. The molecule has 12 unspecified atom stereocenters. The van der Waals surface area contributed by atoms with Crippen molar-refractivity contribution in [3.63, 3.8) is 0 Å². The van der Waals surface area contributed by atoms with Gasteiger partial charge in [0.1, 0.15) is 48.8 Å². The van der Waals surface area contributed by atoms with E-state index >= 15 is 0 Å². The average Bonchev–Trinajstić information content (AvgIpc) is 3.38. The lowest BCUT2D eigenvalue weighted by molar-refractivity contribution is -0.359. The summed E-state index contributed by atoms with van der Waals surface area (Å²) in [6, 6.07) is -0.822. The minimum Gasteiger partial charge on any atom is -0.394 e. The van der Waals surface area contributed by atoms with Gasteiger partial charge in [-0.1, -0.05) is 251 Å². The van der Waals surface area contributed by atoms with Crippen molar-refractivity contribution in [1.82, 2.24) is 5.32 Å². The lowest BCUT2D eigenvalue weighted by atomic mass is 9.97. The number of aliphatic hydroxyl groups excluding tert-OH is 8. The van der Waals surface area contributed by atoms with Gasteiger partial charge in [0.05, 0.1) is 32.0 Å². The molecule has 2 fully saturated rings. The molecule has 0 aromatic heterocycles. The van der Waals surface area contributed by atoms with E-state index < -0.39 is 86.8 Å². The van der Waals surface area contributed by atoms with Crippen LogP contribution in [0.3, 0.4) is 0 Å². The number of hydrogen-bond donors (Lipinski definition) is 9. The maximum absolute atomic E-state index is 13.2. The smallest absolute Gasteiger partial charge is 0.220 e. The molecule has 0 aromatic carbocycles. The molecule has 428 valence electrons. The van der Waals surface area contributed by atoms with Gasteiger partial charge < -0.3 is 65.1 Å². The molecule has 1 amide bonds. The highest BCUT2D eigenvalue weighted by atomic mass is 16.7. The Hall–Kier alpha value is -1.01. The second kappa shape index (κ2) is 45.1. The molecule has 2 saturated heterocycles. The van der Waals surface area contributed by atoms with E-state index in [1.165, 1.54) is 193 Å². The Bertz CT molecular complexity index is 1220. The fourth-order valence-electron chi connectivity index (χ4n) is 10.4. The molecule has 0 radical (unpaired) electrons. The third-order valence-corrected chi connectivity index (χ3v) is 15.3. The average molecular weight is 1030 g/mol. The van der Waals surface area contributed by atoms with Crippen LogP contribution in [0.1, 0.15) is 271 Å². The molecule has 14 heteroatoms. The summed E-state index contributed by atoms with van der Waals surface area (Å²) >= 11 is 0. The number of carbonyl (C=O) groups is 1. The van der Waals surface area contributed by atoms with Crippen LogP contribution in [0, 0.1) is 0 Å². The summed E-state index contributed by atoms with van der Waals surface area (Å²) in [5.74, 6) is -0.201. The van der Waals surface area contributed by atoms with Gasteiger partial charge >= 0.3 is 0 Å². The molecule has 9 N–H and O–H groups in total. The largest absolute Gasteiger partial charge is 0.394 e. The molecule has 12 atom stereocenters. The van der Waals surface area contributed by atoms with Crippen LogP contribution in [0.15, 0.2) is 0 Å². The second-order valence-electron chi connectivity index (χ2n) is 21.8. The Morgan fingerprint density at radius 3 is 1.18 bits per heavy atom. The topological polar surface area (TPSA) is 228 Å². The van der Waals surface area contributed by atoms with Crippen molar-refractivity contribution in [1.29, 1.82) is 0 Å².